The lowest BCUT2D eigenvalue weighted by atomic mass is 10.2. The Balaban J connectivity index is 1.65. The van der Waals surface area contributed by atoms with Gasteiger partial charge in [-0.25, -0.2) is 4.68 Å². The predicted molar refractivity (Wildman–Crippen MR) is 82.0 cm³/mol. The molecule has 110 valence electrons. The molecule has 4 rings (SSSR count). The van der Waals surface area contributed by atoms with Crippen LogP contribution in [-0.4, -0.2) is 27.3 Å². The average Bonchev–Trinajstić information content (AvgIpc) is 2.99. The number of pyridine rings is 1. The Labute approximate surface area is 126 Å². The van der Waals surface area contributed by atoms with Crippen molar-refractivity contribution in [3.8, 4) is 5.88 Å². The van der Waals surface area contributed by atoms with Crippen LogP contribution in [0.3, 0.4) is 0 Å². The topological polar surface area (TPSA) is 69.0 Å². The van der Waals surface area contributed by atoms with Crippen molar-refractivity contribution in [1.29, 1.82) is 0 Å². The number of carbonyl (C=O) groups is 1. The number of aryl methyl sites for hydroxylation is 1. The number of rotatable bonds is 2. The Morgan fingerprint density at radius 1 is 1.27 bits per heavy atom. The van der Waals surface area contributed by atoms with E-state index in [2.05, 4.69) is 15.4 Å². The molecule has 0 aliphatic carbocycles. The maximum Gasteiger partial charge on any atom is 0.276 e. The van der Waals surface area contributed by atoms with E-state index in [9.17, 15) is 4.79 Å². The lowest BCUT2D eigenvalue weighted by molar-refractivity contribution is 0.102. The SMILES string of the molecule is O=C(Nc1cccc2cccnc12)c1cc2n(n1)CCCO2. The number of hydrogen-bond acceptors (Lipinski definition) is 4. The highest BCUT2D eigenvalue weighted by atomic mass is 16.5. The number of benzene rings is 1. The van der Waals surface area contributed by atoms with Crippen molar-refractivity contribution in [3.05, 3.63) is 48.3 Å². The molecule has 0 fully saturated rings. The van der Waals surface area contributed by atoms with Crippen LogP contribution in [0.15, 0.2) is 42.6 Å². The van der Waals surface area contributed by atoms with E-state index >= 15 is 0 Å². The van der Waals surface area contributed by atoms with Gasteiger partial charge in [-0.05, 0) is 12.1 Å². The number of amides is 1. The molecule has 0 saturated heterocycles. The number of nitrogens with one attached hydrogen (secondary N) is 1. The third kappa shape index (κ3) is 2.18. The zero-order valence-corrected chi connectivity index (χ0v) is 11.8. The molecule has 6 nitrogen and oxygen atoms in total. The molecule has 1 aliphatic rings. The smallest absolute Gasteiger partial charge is 0.276 e. The lowest BCUT2D eigenvalue weighted by Gasteiger charge is -2.13. The first-order valence-corrected chi connectivity index (χ1v) is 7.17. The maximum absolute atomic E-state index is 12.4. The van der Waals surface area contributed by atoms with Crippen LogP contribution in [0, 0.1) is 0 Å². The van der Waals surface area contributed by atoms with E-state index in [1.165, 1.54) is 0 Å². The molecule has 6 heteroatoms. The summed E-state index contributed by atoms with van der Waals surface area (Å²) in [7, 11) is 0. The highest BCUT2D eigenvalue weighted by molar-refractivity contribution is 6.07. The Morgan fingerprint density at radius 3 is 3.09 bits per heavy atom. The fourth-order valence-corrected chi connectivity index (χ4v) is 2.57. The Morgan fingerprint density at radius 2 is 2.18 bits per heavy atom. The van der Waals surface area contributed by atoms with Gasteiger partial charge in [-0.2, -0.15) is 5.10 Å². The van der Waals surface area contributed by atoms with E-state index in [0.29, 0.717) is 23.9 Å². The first-order chi connectivity index (χ1) is 10.8. The molecule has 0 bridgehead atoms. The molecule has 0 radical (unpaired) electrons. The second-order valence-electron chi connectivity index (χ2n) is 5.13. The number of para-hydroxylation sites is 1. The van der Waals surface area contributed by atoms with E-state index in [1.54, 1.807) is 16.9 Å². The van der Waals surface area contributed by atoms with Crippen LogP contribution >= 0.6 is 0 Å². The number of fused-ring (bicyclic) bond motifs is 2. The molecule has 0 unspecified atom stereocenters. The van der Waals surface area contributed by atoms with E-state index in [1.807, 2.05) is 30.3 Å². The third-order valence-corrected chi connectivity index (χ3v) is 3.62. The van der Waals surface area contributed by atoms with Crippen molar-refractivity contribution in [2.24, 2.45) is 0 Å². The summed E-state index contributed by atoms with van der Waals surface area (Å²) in [4.78, 5) is 16.7. The summed E-state index contributed by atoms with van der Waals surface area (Å²) in [6, 6.07) is 11.2. The zero-order valence-electron chi connectivity index (χ0n) is 11.8. The molecule has 1 aromatic carbocycles. The molecule has 1 amide bonds. The molecule has 3 aromatic rings. The van der Waals surface area contributed by atoms with Crippen LogP contribution in [0.25, 0.3) is 10.9 Å². The highest BCUT2D eigenvalue weighted by Gasteiger charge is 2.18. The highest BCUT2D eigenvalue weighted by Crippen LogP contribution is 2.23. The maximum atomic E-state index is 12.4. The average molecular weight is 294 g/mol. The minimum absolute atomic E-state index is 0.261. The van der Waals surface area contributed by atoms with Gasteiger partial charge in [0, 0.05) is 30.6 Å². The van der Waals surface area contributed by atoms with Gasteiger partial charge in [-0.15, -0.1) is 0 Å². The number of hydrogen-bond donors (Lipinski definition) is 1. The summed E-state index contributed by atoms with van der Waals surface area (Å²) < 4.78 is 7.20. The van der Waals surface area contributed by atoms with Crippen molar-refractivity contribution in [3.63, 3.8) is 0 Å². The summed E-state index contributed by atoms with van der Waals surface area (Å²) in [5.74, 6) is 0.385. The van der Waals surface area contributed by atoms with E-state index in [0.717, 1.165) is 23.9 Å². The quantitative estimate of drug-likeness (QED) is 0.788. The monoisotopic (exact) mass is 294 g/mol. The van der Waals surface area contributed by atoms with Crippen LogP contribution in [0.4, 0.5) is 5.69 Å². The molecule has 1 aliphatic heterocycles. The van der Waals surface area contributed by atoms with Gasteiger partial charge in [-0.3, -0.25) is 9.78 Å². The molecule has 22 heavy (non-hydrogen) atoms. The fourth-order valence-electron chi connectivity index (χ4n) is 2.57. The minimum Gasteiger partial charge on any atom is -0.478 e. The van der Waals surface area contributed by atoms with Crippen LogP contribution in [0.1, 0.15) is 16.9 Å². The second kappa shape index (κ2) is 5.14. The van der Waals surface area contributed by atoms with Crippen LogP contribution in [0.2, 0.25) is 0 Å². The molecule has 0 spiro atoms. The van der Waals surface area contributed by atoms with Crippen LogP contribution < -0.4 is 10.1 Å². The minimum atomic E-state index is -0.261. The van der Waals surface area contributed by atoms with Gasteiger partial charge in [0.15, 0.2) is 5.69 Å². The summed E-state index contributed by atoms with van der Waals surface area (Å²) in [5.41, 5.74) is 1.79. The number of anilines is 1. The van der Waals surface area contributed by atoms with Crippen molar-refractivity contribution < 1.29 is 9.53 Å². The molecule has 1 N–H and O–H groups in total. The van der Waals surface area contributed by atoms with Crippen molar-refractivity contribution in [1.82, 2.24) is 14.8 Å². The van der Waals surface area contributed by atoms with Crippen molar-refractivity contribution >= 4 is 22.5 Å². The van der Waals surface area contributed by atoms with Gasteiger partial charge >= 0.3 is 0 Å². The summed E-state index contributed by atoms with van der Waals surface area (Å²) in [6.45, 7) is 1.44. The molecule has 3 heterocycles. The zero-order chi connectivity index (χ0) is 14.9. The first kappa shape index (κ1) is 12.8. The Bertz CT molecular complexity index is 827. The third-order valence-electron chi connectivity index (χ3n) is 3.62. The number of aromatic nitrogens is 3. The van der Waals surface area contributed by atoms with Gasteiger partial charge in [0.2, 0.25) is 5.88 Å². The molecular weight excluding hydrogens is 280 g/mol. The molecule has 2 aromatic heterocycles. The Kier molecular flexibility index (Phi) is 3.00. The van der Waals surface area contributed by atoms with Crippen molar-refractivity contribution in [2.75, 3.05) is 11.9 Å². The van der Waals surface area contributed by atoms with Gasteiger partial charge in [0.1, 0.15) is 0 Å². The van der Waals surface area contributed by atoms with E-state index in [4.69, 9.17) is 4.74 Å². The normalized spacial score (nSPS) is 13.5. The number of ether oxygens (including phenoxy) is 1. The standard InChI is InChI=1S/C16H14N4O2/c21-16(13-10-14-20(19-13)8-3-9-22-14)18-12-6-1-4-11-5-2-7-17-15(11)12/h1-2,4-7,10H,3,8-9H2,(H,18,21). The summed E-state index contributed by atoms with van der Waals surface area (Å²) in [5, 5.41) is 8.14. The molecule has 0 atom stereocenters. The van der Waals surface area contributed by atoms with E-state index in [-0.39, 0.29) is 5.91 Å². The molecule has 0 saturated carbocycles. The van der Waals surface area contributed by atoms with Gasteiger partial charge in [0.05, 0.1) is 17.8 Å². The Hall–Kier alpha value is -2.89. The van der Waals surface area contributed by atoms with Crippen molar-refractivity contribution in [2.45, 2.75) is 13.0 Å². The number of carbonyl (C=O) groups excluding carboxylic acids is 1. The molecular formula is C16H14N4O2. The number of nitrogens with zero attached hydrogens (tertiary/aromatic N) is 3. The second-order valence-corrected chi connectivity index (χ2v) is 5.13. The summed E-state index contributed by atoms with van der Waals surface area (Å²) in [6.07, 6.45) is 2.62. The largest absolute Gasteiger partial charge is 0.478 e. The van der Waals surface area contributed by atoms with Crippen LogP contribution in [-0.2, 0) is 6.54 Å². The van der Waals surface area contributed by atoms with Gasteiger partial charge in [-0.1, -0.05) is 18.2 Å². The van der Waals surface area contributed by atoms with Gasteiger partial charge in [0.25, 0.3) is 5.91 Å². The van der Waals surface area contributed by atoms with Crippen LogP contribution in [0.5, 0.6) is 5.88 Å². The first-order valence-electron chi connectivity index (χ1n) is 7.17. The fraction of sp³-hybridized carbons (Fsp3) is 0.188. The summed E-state index contributed by atoms with van der Waals surface area (Å²) >= 11 is 0. The van der Waals surface area contributed by atoms with E-state index < -0.39 is 0 Å². The lowest BCUT2D eigenvalue weighted by Crippen LogP contribution is -2.16. The predicted octanol–water partition coefficient (Wildman–Crippen LogP) is 2.47. The van der Waals surface area contributed by atoms with Gasteiger partial charge < -0.3 is 10.1 Å².